The molecule has 0 radical (unpaired) electrons. The van der Waals surface area contributed by atoms with Crippen LogP contribution in [0.3, 0.4) is 0 Å². The van der Waals surface area contributed by atoms with Crippen LogP contribution in [-0.4, -0.2) is 38.0 Å². The standard InChI is InChI=1S/C11H11F3N2O2.C11H14N2O2/c1-15(2)10-6-8(3-4-16(17)18)5-9(7-10)11(12,13)14;1-9-8-10(6-7-13(14)15)4-5-11(9)12(2)3/h3-7H,1-2H3;4-8H,1-3H3. The van der Waals surface area contributed by atoms with Crippen molar-refractivity contribution in [1.82, 2.24) is 0 Å². The minimum absolute atomic E-state index is 0.130. The normalized spacial score (nSPS) is 11.3. The smallest absolute Gasteiger partial charge is 0.378 e. The SMILES string of the molecule is CN(C)c1cc(C=C[N+](=O)[O-])cc(C(F)(F)F)c1.Cc1cc(C=C[N+](=O)[O-])ccc1N(C)C. The fourth-order valence-corrected chi connectivity index (χ4v) is 2.73. The van der Waals surface area contributed by atoms with Crippen molar-refractivity contribution in [2.45, 2.75) is 13.1 Å². The molecule has 2 aromatic carbocycles. The van der Waals surface area contributed by atoms with E-state index in [1.54, 1.807) is 14.1 Å². The van der Waals surface area contributed by atoms with E-state index in [2.05, 4.69) is 0 Å². The van der Waals surface area contributed by atoms with E-state index in [9.17, 15) is 33.4 Å². The van der Waals surface area contributed by atoms with E-state index >= 15 is 0 Å². The highest BCUT2D eigenvalue weighted by atomic mass is 19.4. The van der Waals surface area contributed by atoms with Crippen LogP contribution in [0, 0.1) is 27.2 Å². The molecule has 0 bridgehead atoms. The van der Waals surface area contributed by atoms with Gasteiger partial charge in [0.2, 0.25) is 12.4 Å². The molecular weight excluding hydrogens is 441 g/mol. The number of hydrogen-bond donors (Lipinski definition) is 0. The number of nitro groups is 2. The van der Waals surface area contributed by atoms with Gasteiger partial charge in [-0.25, -0.2) is 0 Å². The van der Waals surface area contributed by atoms with Crippen molar-refractivity contribution in [3.05, 3.63) is 91.3 Å². The third kappa shape index (κ3) is 9.42. The summed E-state index contributed by atoms with van der Waals surface area (Å²) < 4.78 is 37.9. The lowest BCUT2D eigenvalue weighted by atomic mass is 10.1. The van der Waals surface area contributed by atoms with Gasteiger partial charge in [-0.2, -0.15) is 13.2 Å². The van der Waals surface area contributed by atoms with Crippen molar-refractivity contribution in [3.8, 4) is 0 Å². The molecule has 8 nitrogen and oxygen atoms in total. The van der Waals surface area contributed by atoms with Crippen molar-refractivity contribution in [2.24, 2.45) is 0 Å². The summed E-state index contributed by atoms with van der Waals surface area (Å²) in [6.07, 6.45) is -0.406. The van der Waals surface area contributed by atoms with Crippen LogP contribution in [-0.2, 0) is 6.18 Å². The second kappa shape index (κ2) is 11.7. The summed E-state index contributed by atoms with van der Waals surface area (Å²) in [5.74, 6) is 0. The van der Waals surface area contributed by atoms with Crippen molar-refractivity contribution >= 4 is 23.5 Å². The lowest BCUT2D eigenvalue weighted by Gasteiger charge is -2.16. The predicted octanol–water partition coefficient (Wildman–Crippen LogP) is 5.33. The molecule has 0 amide bonds. The van der Waals surface area contributed by atoms with Crippen LogP contribution in [0.15, 0.2) is 48.8 Å². The number of hydrogen-bond acceptors (Lipinski definition) is 6. The van der Waals surface area contributed by atoms with E-state index in [4.69, 9.17) is 0 Å². The van der Waals surface area contributed by atoms with E-state index < -0.39 is 21.6 Å². The molecule has 0 aliphatic carbocycles. The van der Waals surface area contributed by atoms with Crippen molar-refractivity contribution in [1.29, 1.82) is 0 Å². The first kappa shape index (κ1) is 27.1. The highest BCUT2D eigenvalue weighted by Crippen LogP contribution is 2.33. The Balaban J connectivity index is 0.000000335. The van der Waals surface area contributed by atoms with Crippen molar-refractivity contribution in [3.63, 3.8) is 0 Å². The van der Waals surface area contributed by atoms with E-state index in [1.165, 1.54) is 17.0 Å². The molecule has 2 rings (SSSR count). The van der Waals surface area contributed by atoms with Gasteiger partial charge in [0.1, 0.15) is 0 Å². The zero-order valence-electron chi connectivity index (χ0n) is 18.8. The van der Waals surface area contributed by atoms with Gasteiger partial charge in [-0.15, -0.1) is 0 Å². The van der Waals surface area contributed by atoms with E-state index in [-0.39, 0.29) is 5.56 Å². The molecule has 0 heterocycles. The van der Waals surface area contributed by atoms with Crippen molar-refractivity contribution in [2.75, 3.05) is 38.0 Å². The number of aryl methyl sites for hydroxylation is 1. The van der Waals surface area contributed by atoms with Gasteiger partial charge >= 0.3 is 6.18 Å². The molecule has 0 saturated heterocycles. The van der Waals surface area contributed by atoms with Gasteiger partial charge in [0, 0.05) is 51.7 Å². The van der Waals surface area contributed by atoms with E-state index in [0.717, 1.165) is 41.2 Å². The molecule has 178 valence electrons. The van der Waals surface area contributed by atoms with E-state index in [1.807, 2.05) is 44.1 Å². The monoisotopic (exact) mass is 466 g/mol. The zero-order chi connectivity index (χ0) is 25.3. The minimum Gasteiger partial charge on any atom is -0.378 e. The molecule has 0 saturated carbocycles. The molecule has 0 N–H and O–H groups in total. The highest BCUT2D eigenvalue weighted by Gasteiger charge is 2.31. The first-order valence-corrected chi connectivity index (χ1v) is 9.51. The molecule has 0 fully saturated rings. The first-order chi connectivity index (χ1) is 15.2. The first-order valence-electron chi connectivity index (χ1n) is 9.51. The molecule has 0 atom stereocenters. The number of anilines is 2. The largest absolute Gasteiger partial charge is 0.416 e. The van der Waals surface area contributed by atoms with Gasteiger partial charge in [-0.3, -0.25) is 20.2 Å². The fraction of sp³-hybridized carbons (Fsp3) is 0.273. The summed E-state index contributed by atoms with van der Waals surface area (Å²) in [6.45, 7) is 1.98. The molecule has 0 unspecified atom stereocenters. The number of halogens is 3. The van der Waals surface area contributed by atoms with Crippen LogP contribution in [0.2, 0.25) is 0 Å². The third-order valence-electron chi connectivity index (χ3n) is 4.26. The maximum absolute atomic E-state index is 12.6. The molecule has 0 aromatic heterocycles. The topological polar surface area (TPSA) is 92.8 Å². The highest BCUT2D eigenvalue weighted by molar-refractivity contribution is 5.60. The molecule has 2 aromatic rings. The Morgan fingerprint density at radius 3 is 1.79 bits per heavy atom. The number of nitrogens with zero attached hydrogens (tertiary/aromatic N) is 4. The number of rotatable bonds is 6. The quantitative estimate of drug-likeness (QED) is 0.422. The molecule has 0 aliphatic rings. The average molecular weight is 466 g/mol. The Labute approximate surface area is 189 Å². The van der Waals surface area contributed by atoms with Crippen LogP contribution in [0.1, 0.15) is 22.3 Å². The molecule has 0 aliphatic heterocycles. The molecule has 0 spiro atoms. The summed E-state index contributed by atoms with van der Waals surface area (Å²) in [4.78, 5) is 22.6. The van der Waals surface area contributed by atoms with Crippen LogP contribution in [0.4, 0.5) is 24.5 Å². The van der Waals surface area contributed by atoms with Crippen molar-refractivity contribution < 1.29 is 23.0 Å². The predicted molar refractivity (Wildman–Crippen MR) is 123 cm³/mol. The summed E-state index contributed by atoms with van der Waals surface area (Å²) in [7, 11) is 7.12. The Hall–Kier alpha value is -3.89. The lowest BCUT2D eigenvalue weighted by molar-refractivity contribution is -0.401. The number of benzene rings is 2. The number of alkyl halides is 3. The second-order valence-electron chi connectivity index (χ2n) is 7.35. The Morgan fingerprint density at radius 1 is 0.818 bits per heavy atom. The summed E-state index contributed by atoms with van der Waals surface area (Å²) in [5.41, 5.74) is 2.68. The second-order valence-corrected chi connectivity index (χ2v) is 7.35. The zero-order valence-corrected chi connectivity index (χ0v) is 18.8. The van der Waals surface area contributed by atoms with Gasteiger partial charge < -0.3 is 9.80 Å². The van der Waals surface area contributed by atoms with E-state index in [0.29, 0.717) is 11.9 Å². The summed E-state index contributed by atoms with van der Waals surface area (Å²) in [6, 6.07) is 9.04. The Kier molecular flexibility index (Phi) is 9.58. The third-order valence-corrected chi connectivity index (χ3v) is 4.26. The lowest BCUT2D eigenvalue weighted by Crippen LogP contribution is -2.12. The summed E-state index contributed by atoms with van der Waals surface area (Å²) in [5, 5.41) is 20.3. The van der Waals surface area contributed by atoms with Gasteiger partial charge in [-0.05, 0) is 53.9 Å². The van der Waals surface area contributed by atoms with Crippen LogP contribution < -0.4 is 9.80 Å². The maximum atomic E-state index is 12.6. The van der Waals surface area contributed by atoms with Crippen LogP contribution >= 0.6 is 0 Å². The van der Waals surface area contributed by atoms with Gasteiger partial charge in [0.25, 0.3) is 0 Å². The van der Waals surface area contributed by atoms with Crippen LogP contribution in [0.5, 0.6) is 0 Å². The fourth-order valence-electron chi connectivity index (χ4n) is 2.73. The molecule has 33 heavy (non-hydrogen) atoms. The van der Waals surface area contributed by atoms with Gasteiger partial charge in [-0.1, -0.05) is 6.07 Å². The molecule has 11 heteroatoms. The Bertz CT molecular complexity index is 1050. The molecular formula is C22H25F3N4O4. The van der Waals surface area contributed by atoms with Gasteiger partial charge in [0.05, 0.1) is 15.4 Å². The average Bonchev–Trinajstić information content (AvgIpc) is 2.70. The summed E-state index contributed by atoms with van der Waals surface area (Å²) >= 11 is 0. The minimum atomic E-state index is -4.48. The van der Waals surface area contributed by atoms with Crippen LogP contribution in [0.25, 0.3) is 12.2 Å². The Morgan fingerprint density at radius 2 is 1.36 bits per heavy atom. The maximum Gasteiger partial charge on any atom is 0.416 e. The van der Waals surface area contributed by atoms with Gasteiger partial charge in [0.15, 0.2) is 0 Å².